The van der Waals surface area contributed by atoms with Crippen molar-refractivity contribution in [3.63, 3.8) is 0 Å². The van der Waals surface area contributed by atoms with Crippen molar-refractivity contribution in [2.75, 3.05) is 13.2 Å². The molecule has 0 rings (SSSR count). The zero-order chi connectivity index (χ0) is 21.1. The average Bonchev–Trinajstić information content (AvgIpc) is 2.74. The Morgan fingerprint density at radius 3 is 0.724 bits per heavy atom. The molecule has 0 saturated heterocycles. The molecule has 0 unspecified atom stereocenters. The van der Waals surface area contributed by atoms with Crippen LogP contribution >= 0.6 is 0 Å². The van der Waals surface area contributed by atoms with Crippen LogP contribution in [0.1, 0.15) is 168 Å². The monoisotopic (exact) mass is 410 g/mol. The van der Waals surface area contributed by atoms with E-state index < -0.39 is 0 Å². The molecule has 0 aliphatic heterocycles. The van der Waals surface area contributed by atoms with E-state index in [1.165, 1.54) is 154 Å². The fourth-order valence-electron chi connectivity index (χ4n) is 4.19. The summed E-state index contributed by atoms with van der Waals surface area (Å²) >= 11 is 0. The van der Waals surface area contributed by atoms with E-state index in [2.05, 4.69) is 13.8 Å². The molecule has 0 bridgehead atoms. The largest absolute Gasteiger partial charge is 0.381 e. The highest BCUT2D eigenvalue weighted by Crippen LogP contribution is 2.13. The van der Waals surface area contributed by atoms with Gasteiger partial charge in [0.1, 0.15) is 0 Å². The Bertz CT molecular complexity index is 237. The minimum atomic E-state index is 0.995. The number of hydrogen-bond donors (Lipinski definition) is 0. The standard InChI is InChI=1S/C28H58O/c1-3-5-7-9-11-13-15-16-17-18-20-22-24-26-28-29-27-25-23-21-19-14-12-10-8-6-4-2/h3-28H2,1-2H3. The van der Waals surface area contributed by atoms with Gasteiger partial charge in [0.25, 0.3) is 0 Å². The maximum atomic E-state index is 5.81. The molecule has 0 amide bonds. The molecule has 0 aromatic heterocycles. The molecule has 0 aliphatic rings. The van der Waals surface area contributed by atoms with Crippen molar-refractivity contribution < 1.29 is 4.74 Å². The fraction of sp³-hybridized carbons (Fsp3) is 1.00. The molecule has 0 N–H and O–H groups in total. The maximum Gasteiger partial charge on any atom is 0.0466 e. The van der Waals surface area contributed by atoms with Gasteiger partial charge in [0.2, 0.25) is 0 Å². The quantitative estimate of drug-likeness (QED) is 0.129. The summed E-state index contributed by atoms with van der Waals surface area (Å²) in [7, 11) is 0. The van der Waals surface area contributed by atoms with E-state index in [9.17, 15) is 0 Å². The lowest BCUT2D eigenvalue weighted by atomic mass is 10.0. The van der Waals surface area contributed by atoms with Crippen molar-refractivity contribution in [1.82, 2.24) is 0 Å². The third kappa shape index (κ3) is 28.0. The van der Waals surface area contributed by atoms with E-state index >= 15 is 0 Å². The number of ether oxygens (including phenoxy) is 1. The molecule has 29 heavy (non-hydrogen) atoms. The zero-order valence-electron chi connectivity index (χ0n) is 20.8. The lowest BCUT2D eigenvalue weighted by Gasteiger charge is -2.05. The van der Waals surface area contributed by atoms with Crippen LogP contribution in [-0.4, -0.2) is 13.2 Å². The second-order valence-corrected chi connectivity index (χ2v) is 9.39. The van der Waals surface area contributed by atoms with Crippen LogP contribution in [0.4, 0.5) is 0 Å². The van der Waals surface area contributed by atoms with Crippen molar-refractivity contribution in [3.8, 4) is 0 Å². The van der Waals surface area contributed by atoms with Gasteiger partial charge in [-0.05, 0) is 12.8 Å². The van der Waals surface area contributed by atoms with Crippen molar-refractivity contribution >= 4 is 0 Å². The van der Waals surface area contributed by atoms with Crippen LogP contribution in [0.2, 0.25) is 0 Å². The molecule has 176 valence electrons. The molecular formula is C28H58O. The van der Waals surface area contributed by atoms with Crippen LogP contribution in [0.15, 0.2) is 0 Å². The van der Waals surface area contributed by atoms with E-state index in [0.29, 0.717) is 0 Å². The molecule has 0 aromatic carbocycles. The highest BCUT2D eigenvalue weighted by Gasteiger charge is 1.96. The lowest BCUT2D eigenvalue weighted by molar-refractivity contribution is 0.125. The highest BCUT2D eigenvalue weighted by atomic mass is 16.5. The van der Waals surface area contributed by atoms with E-state index in [1.807, 2.05) is 0 Å². The normalized spacial score (nSPS) is 11.4. The first-order valence-corrected chi connectivity index (χ1v) is 14.0. The molecule has 1 nitrogen and oxygen atoms in total. The molecule has 0 heterocycles. The Hall–Kier alpha value is -0.0400. The lowest BCUT2D eigenvalue weighted by Crippen LogP contribution is -1.97. The van der Waals surface area contributed by atoms with Gasteiger partial charge in [0.05, 0.1) is 0 Å². The first-order chi connectivity index (χ1) is 14.4. The van der Waals surface area contributed by atoms with Crippen LogP contribution in [0.25, 0.3) is 0 Å². The summed E-state index contributed by atoms with van der Waals surface area (Å²) in [6, 6.07) is 0. The Labute approximate surface area is 186 Å². The Kier molecular flexibility index (Phi) is 27.9. The van der Waals surface area contributed by atoms with Gasteiger partial charge >= 0.3 is 0 Å². The Balaban J connectivity index is 2.97. The van der Waals surface area contributed by atoms with Crippen molar-refractivity contribution in [1.29, 1.82) is 0 Å². The molecule has 0 atom stereocenters. The minimum absolute atomic E-state index is 0.995. The topological polar surface area (TPSA) is 9.23 Å². The molecule has 0 fully saturated rings. The molecule has 0 saturated carbocycles. The zero-order valence-corrected chi connectivity index (χ0v) is 20.8. The third-order valence-electron chi connectivity index (χ3n) is 6.28. The Morgan fingerprint density at radius 2 is 0.483 bits per heavy atom. The minimum Gasteiger partial charge on any atom is -0.381 e. The average molecular weight is 411 g/mol. The van der Waals surface area contributed by atoms with Gasteiger partial charge in [-0.1, -0.05) is 155 Å². The van der Waals surface area contributed by atoms with Crippen LogP contribution in [0.3, 0.4) is 0 Å². The molecule has 0 aliphatic carbocycles. The molecular weight excluding hydrogens is 352 g/mol. The van der Waals surface area contributed by atoms with Crippen molar-refractivity contribution in [2.45, 2.75) is 168 Å². The van der Waals surface area contributed by atoms with Crippen LogP contribution in [0.5, 0.6) is 0 Å². The summed E-state index contributed by atoms with van der Waals surface area (Å²) in [5.74, 6) is 0. The Morgan fingerprint density at radius 1 is 0.276 bits per heavy atom. The summed E-state index contributed by atoms with van der Waals surface area (Å²) in [4.78, 5) is 0. The third-order valence-corrected chi connectivity index (χ3v) is 6.28. The predicted octanol–water partition coefficient (Wildman–Crippen LogP) is 10.4. The summed E-state index contributed by atoms with van der Waals surface area (Å²) in [5, 5.41) is 0. The van der Waals surface area contributed by atoms with Gasteiger partial charge in [-0.3, -0.25) is 0 Å². The van der Waals surface area contributed by atoms with E-state index in [0.717, 1.165) is 13.2 Å². The summed E-state index contributed by atoms with van der Waals surface area (Å²) < 4.78 is 5.81. The van der Waals surface area contributed by atoms with Crippen molar-refractivity contribution in [2.24, 2.45) is 0 Å². The van der Waals surface area contributed by atoms with Crippen molar-refractivity contribution in [3.05, 3.63) is 0 Å². The van der Waals surface area contributed by atoms with E-state index in [-0.39, 0.29) is 0 Å². The predicted molar refractivity (Wildman–Crippen MR) is 133 cm³/mol. The summed E-state index contributed by atoms with van der Waals surface area (Å²) in [6.07, 6.45) is 34.1. The van der Waals surface area contributed by atoms with Gasteiger partial charge in [-0.2, -0.15) is 0 Å². The fourth-order valence-corrected chi connectivity index (χ4v) is 4.19. The molecule has 0 spiro atoms. The first-order valence-electron chi connectivity index (χ1n) is 14.0. The van der Waals surface area contributed by atoms with Crippen LogP contribution < -0.4 is 0 Å². The van der Waals surface area contributed by atoms with E-state index in [1.54, 1.807) is 0 Å². The molecule has 0 aromatic rings. The maximum absolute atomic E-state index is 5.81. The van der Waals surface area contributed by atoms with Crippen LogP contribution in [-0.2, 0) is 4.74 Å². The van der Waals surface area contributed by atoms with Gasteiger partial charge in [-0.25, -0.2) is 0 Å². The number of rotatable bonds is 26. The first kappa shape index (κ1) is 29.0. The number of hydrogen-bond acceptors (Lipinski definition) is 1. The second kappa shape index (κ2) is 28.0. The molecule has 1 heteroatoms. The second-order valence-electron chi connectivity index (χ2n) is 9.39. The van der Waals surface area contributed by atoms with Gasteiger partial charge < -0.3 is 4.74 Å². The van der Waals surface area contributed by atoms with E-state index in [4.69, 9.17) is 4.74 Å². The summed E-state index contributed by atoms with van der Waals surface area (Å²) in [6.45, 7) is 6.58. The SMILES string of the molecule is CCCCCCCCCCCCCCCCOCCCCCCCCCCCC. The van der Waals surface area contributed by atoms with Gasteiger partial charge in [-0.15, -0.1) is 0 Å². The summed E-state index contributed by atoms with van der Waals surface area (Å²) in [5.41, 5.74) is 0. The smallest absolute Gasteiger partial charge is 0.0466 e. The molecule has 0 radical (unpaired) electrons. The van der Waals surface area contributed by atoms with Crippen LogP contribution in [0, 0.1) is 0 Å². The highest BCUT2D eigenvalue weighted by molar-refractivity contribution is 4.50. The number of unbranched alkanes of at least 4 members (excludes halogenated alkanes) is 22. The van der Waals surface area contributed by atoms with Gasteiger partial charge in [0.15, 0.2) is 0 Å². The van der Waals surface area contributed by atoms with Gasteiger partial charge in [0, 0.05) is 13.2 Å².